The first kappa shape index (κ1) is 21.6. The summed E-state index contributed by atoms with van der Waals surface area (Å²) in [6.07, 6.45) is -1.14. The average molecular weight is 412 g/mol. The summed E-state index contributed by atoms with van der Waals surface area (Å²) < 4.78 is 63.0. The van der Waals surface area contributed by atoms with Crippen LogP contribution in [0.3, 0.4) is 0 Å². The van der Waals surface area contributed by atoms with E-state index in [4.69, 9.17) is 0 Å². The minimum absolute atomic E-state index is 0.119. The number of halogens is 3. The summed E-state index contributed by atoms with van der Waals surface area (Å²) in [5.74, 6) is -0.362. The third-order valence-electron chi connectivity index (χ3n) is 3.88. The zero-order valence-corrected chi connectivity index (χ0v) is 15.8. The van der Waals surface area contributed by atoms with E-state index in [1.807, 2.05) is 0 Å². The number of sulfonamides is 1. The lowest BCUT2D eigenvalue weighted by Gasteiger charge is -2.07. The molecule has 1 amide bonds. The molecule has 0 aliphatic carbocycles. The van der Waals surface area contributed by atoms with Crippen LogP contribution in [0.25, 0.3) is 6.08 Å². The first-order valence-corrected chi connectivity index (χ1v) is 9.76. The minimum atomic E-state index is -4.37. The van der Waals surface area contributed by atoms with Gasteiger partial charge in [0.25, 0.3) is 0 Å². The fourth-order valence-corrected chi connectivity index (χ4v) is 3.03. The highest BCUT2D eigenvalue weighted by Gasteiger charge is 2.29. The van der Waals surface area contributed by atoms with Crippen LogP contribution in [0.15, 0.2) is 59.5 Å². The van der Waals surface area contributed by atoms with Crippen molar-refractivity contribution in [2.24, 2.45) is 0 Å². The smallest absolute Gasteiger partial charge is 0.352 e. The van der Waals surface area contributed by atoms with Gasteiger partial charge in [-0.15, -0.1) is 0 Å². The molecule has 9 heteroatoms. The number of hydrogen-bond acceptors (Lipinski definition) is 3. The van der Waals surface area contributed by atoms with Crippen molar-refractivity contribution in [2.75, 3.05) is 13.6 Å². The van der Waals surface area contributed by atoms with Crippen LogP contribution < -0.4 is 10.0 Å². The third kappa shape index (κ3) is 6.21. The molecule has 2 aromatic rings. The number of amides is 1. The lowest BCUT2D eigenvalue weighted by atomic mass is 10.1. The molecule has 0 saturated heterocycles. The Bertz CT molecular complexity index is 936. The van der Waals surface area contributed by atoms with Crippen molar-refractivity contribution in [3.63, 3.8) is 0 Å². The van der Waals surface area contributed by atoms with Crippen LogP contribution in [-0.4, -0.2) is 27.9 Å². The lowest BCUT2D eigenvalue weighted by molar-refractivity contribution is -0.137. The molecule has 5 nitrogen and oxygen atoms in total. The SMILES string of the molecule is CNS(=O)(=O)c1ccc(/C=C/C(=O)NCCc2ccc(C(F)(F)F)cc2)cc1. The van der Waals surface area contributed by atoms with Crippen LogP contribution in [0.5, 0.6) is 0 Å². The maximum Gasteiger partial charge on any atom is 0.416 e. The zero-order valence-electron chi connectivity index (χ0n) is 15.0. The number of carbonyl (C=O) groups is 1. The fraction of sp³-hybridized carbons (Fsp3) is 0.211. The Morgan fingerprint density at radius 3 is 2.18 bits per heavy atom. The molecule has 28 heavy (non-hydrogen) atoms. The van der Waals surface area contributed by atoms with E-state index in [-0.39, 0.29) is 17.3 Å². The fourth-order valence-electron chi connectivity index (χ4n) is 2.30. The maximum atomic E-state index is 12.5. The molecular weight excluding hydrogens is 393 g/mol. The summed E-state index contributed by atoms with van der Waals surface area (Å²) in [6, 6.07) is 10.8. The van der Waals surface area contributed by atoms with E-state index in [0.717, 1.165) is 12.1 Å². The summed E-state index contributed by atoms with van der Waals surface area (Å²) in [4.78, 5) is 11.9. The molecule has 0 saturated carbocycles. The van der Waals surface area contributed by atoms with E-state index in [1.165, 1.54) is 43.5 Å². The lowest BCUT2D eigenvalue weighted by Crippen LogP contribution is -2.23. The molecule has 0 radical (unpaired) electrons. The predicted molar refractivity (Wildman–Crippen MR) is 99.9 cm³/mol. The van der Waals surface area contributed by atoms with Gasteiger partial charge in [0, 0.05) is 12.6 Å². The van der Waals surface area contributed by atoms with E-state index in [2.05, 4.69) is 10.0 Å². The first-order chi connectivity index (χ1) is 13.1. The molecule has 0 aliphatic heterocycles. The highest BCUT2D eigenvalue weighted by molar-refractivity contribution is 7.89. The Morgan fingerprint density at radius 2 is 1.64 bits per heavy atom. The molecule has 2 rings (SSSR count). The van der Waals surface area contributed by atoms with Gasteiger partial charge in [0.05, 0.1) is 10.5 Å². The van der Waals surface area contributed by atoms with Crippen molar-refractivity contribution in [1.82, 2.24) is 10.0 Å². The molecule has 0 aromatic heterocycles. The van der Waals surface area contributed by atoms with Gasteiger partial charge >= 0.3 is 6.18 Å². The van der Waals surface area contributed by atoms with E-state index in [9.17, 15) is 26.4 Å². The Balaban J connectivity index is 1.84. The number of hydrogen-bond donors (Lipinski definition) is 2. The van der Waals surface area contributed by atoms with Crippen molar-refractivity contribution in [2.45, 2.75) is 17.5 Å². The monoisotopic (exact) mass is 412 g/mol. The first-order valence-electron chi connectivity index (χ1n) is 8.27. The van der Waals surface area contributed by atoms with Crippen LogP contribution in [0, 0.1) is 0 Å². The Kier molecular flexibility index (Phi) is 6.98. The van der Waals surface area contributed by atoms with Gasteiger partial charge in [-0.2, -0.15) is 13.2 Å². The third-order valence-corrected chi connectivity index (χ3v) is 5.31. The van der Waals surface area contributed by atoms with Gasteiger partial charge in [-0.25, -0.2) is 13.1 Å². The Morgan fingerprint density at radius 1 is 1.04 bits per heavy atom. The van der Waals surface area contributed by atoms with Gasteiger partial charge < -0.3 is 5.32 Å². The quantitative estimate of drug-likeness (QED) is 0.687. The second-order valence-electron chi connectivity index (χ2n) is 5.85. The summed E-state index contributed by atoms with van der Waals surface area (Å²) in [7, 11) is -2.19. The second kappa shape index (κ2) is 9.03. The van der Waals surface area contributed by atoms with Gasteiger partial charge in [-0.3, -0.25) is 4.79 Å². The van der Waals surface area contributed by atoms with Crippen LogP contribution in [0.1, 0.15) is 16.7 Å². The molecule has 0 fully saturated rings. The van der Waals surface area contributed by atoms with Crippen molar-refractivity contribution in [1.29, 1.82) is 0 Å². The molecule has 0 bridgehead atoms. The molecule has 0 unspecified atom stereocenters. The van der Waals surface area contributed by atoms with Gasteiger partial charge in [-0.1, -0.05) is 24.3 Å². The molecular formula is C19H19F3N2O3S. The van der Waals surface area contributed by atoms with Gasteiger partial charge in [0.15, 0.2) is 0 Å². The van der Waals surface area contributed by atoms with Gasteiger partial charge in [0.2, 0.25) is 15.9 Å². The summed E-state index contributed by atoms with van der Waals surface area (Å²) in [5, 5.41) is 2.64. The number of benzene rings is 2. The van der Waals surface area contributed by atoms with Crippen LogP contribution in [0.2, 0.25) is 0 Å². The summed E-state index contributed by atoms with van der Waals surface area (Å²) >= 11 is 0. The molecule has 2 N–H and O–H groups in total. The molecule has 2 aromatic carbocycles. The molecule has 150 valence electrons. The summed E-state index contributed by atoms with van der Waals surface area (Å²) in [5.41, 5.74) is 0.614. The van der Waals surface area contributed by atoms with Crippen molar-refractivity contribution < 1.29 is 26.4 Å². The second-order valence-corrected chi connectivity index (χ2v) is 7.73. The molecule has 0 spiro atoms. The summed E-state index contributed by atoms with van der Waals surface area (Å²) in [6.45, 7) is 0.272. The molecule has 0 atom stereocenters. The molecule has 0 heterocycles. The normalized spacial score (nSPS) is 12.3. The minimum Gasteiger partial charge on any atom is -0.352 e. The van der Waals surface area contributed by atoms with Crippen molar-refractivity contribution in [3.8, 4) is 0 Å². The topological polar surface area (TPSA) is 75.3 Å². The van der Waals surface area contributed by atoms with Crippen LogP contribution in [-0.2, 0) is 27.4 Å². The van der Waals surface area contributed by atoms with E-state index >= 15 is 0 Å². The Hall–Kier alpha value is -2.65. The van der Waals surface area contributed by atoms with Gasteiger partial charge in [-0.05, 0) is 54.9 Å². The number of rotatable bonds is 7. The predicted octanol–water partition coefficient (Wildman–Crippen LogP) is 2.99. The van der Waals surface area contributed by atoms with Crippen LogP contribution >= 0.6 is 0 Å². The van der Waals surface area contributed by atoms with E-state index in [1.54, 1.807) is 12.1 Å². The zero-order chi connectivity index (χ0) is 20.8. The average Bonchev–Trinajstić information content (AvgIpc) is 2.66. The number of carbonyl (C=O) groups excluding carboxylic acids is 1. The van der Waals surface area contributed by atoms with Crippen LogP contribution in [0.4, 0.5) is 13.2 Å². The van der Waals surface area contributed by atoms with E-state index < -0.39 is 21.8 Å². The highest BCUT2D eigenvalue weighted by atomic mass is 32.2. The van der Waals surface area contributed by atoms with Crippen molar-refractivity contribution in [3.05, 3.63) is 71.3 Å². The molecule has 0 aliphatic rings. The standard InChI is InChI=1S/C19H19F3N2O3S/c1-23-28(26,27)17-9-4-14(5-10-17)6-11-18(25)24-13-12-15-2-7-16(8-3-15)19(20,21)22/h2-11,23H,12-13H2,1H3,(H,24,25)/b11-6+. The van der Waals surface area contributed by atoms with Crippen molar-refractivity contribution >= 4 is 22.0 Å². The maximum absolute atomic E-state index is 12.5. The van der Waals surface area contributed by atoms with E-state index in [0.29, 0.717) is 17.5 Å². The highest BCUT2D eigenvalue weighted by Crippen LogP contribution is 2.29. The van der Waals surface area contributed by atoms with Gasteiger partial charge in [0.1, 0.15) is 0 Å². The Labute approximate surface area is 161 Å². The number of alkyl halides is 3. The number of nitrogens with one attached hydrogen (secondary N) is 2. The largest absolute Gasteiger partial charge is 0.416 e.